The minimum Gasteiger partial charge on any atom is -0.348 e. The Bertz CT molecular complexity index is 1610. The van der Waals surface area contributed by atoms with Crippen LogP contribution in [0.15, 0.2) is 60.7 Å². The van der Waals surface area contributed by atoms with E-state index in [2.05, 4.69) is 97.7 Å². The molecule has 0 aliphatic heterocycles. The van der Waals surface area contributed by atoms with Crippen molar-refractivity contribution in [2.75, 3.05) is 0 Å². The number of fused-ring (bicyclic) bond motifs is 9. The monoisotopic (exact) mass is 376 g/mol. The van der Waals surface area contributed by atoms with Crippen LogP contribution in [0.3, 0.4) is 0 Å². The van der Waals surface area contributed by atoms with Gasteiger partial charge in [-0.1, -0.05) is 43.3 Å². The van der Waals surface area contributed by atoms with Gasteiger partial charge in [-0.3, -0.25) is 0 Å². The Morgan fingerprint density at radius 1 is 0.552 bits per heavy atom. The van der Waals surface area contributed by atoms with Gasteiger partial charge in [0.15, 0.2) is 0 Å². The number of aryl methyl sites for hydroxylation is 4. The third kappa shape index (κ3) is 2.06. The van der Waals surface area contributed by atoms with Gasteiger partial charge in [0.05, 0.1) is 0 Å². The Labute approximate surface area is 170 Å². The SMILES string of the molecule is CCc1cc2c3ccc4c(ccc5c4ccc4c5cc(C)n4C)c3ccc2n1C. The number of nitrogens with zero attached hydrogens (tertiary/aromatic N) is 2. The fraction of sp³-hybridized carbons (Fsp3) is 0.185. The number of hydrogen-bond acceptors (Lipinski definition) is 0. The summed E-state index contributed by atoms with van der Waals surface area (Å²) >= 11 is 0. The van der Waals surface area contributed by atoms with E-state index in [1.165, 1.54) is 65.5 Å². The van der Waals surface area contributed by atoms with Gasteiger partial charge in [0.1, 0.15) is 0 Å². The Morgan fingerprint density at radius 3 is 1.48 bits per heavy atom. The minimum absolute atomic E-state index is 1.05. The predicted octanol–water partition coefficient (Wildman–Crippen LogP) is 7.00. The summed E-state index contributed by atoms with van der Waals surface area (Å²) in [5, 5.41) is 10.7. The van der Waals surface area contributed by atoms with Crippen molar-refractivity contribution in [3.05, 3.63) is 72.1 Å². The topological polar surface area (TPSA) is 9.86 Å². The van der Waals surface area contributed by atoms with Crippen molar-refractivity contribution < 1.29 is 0 Å². The average Bonchev–Trinajstić information content (AvgIpc) is 3.23. The van der Waals surface area contributed by atoms with Crippen LogP contribution in [0.5, 0.6) is 0 Å². The molecule has 6 rings (SSSR count). The second kappa shape index (κ2) is 5.64. The van der Waals surface area contributed by atoms with Gasteiger partial charge in [-0.15, -0.1) is 0 Å². The van der Waals surface area contributed by atoms with Crippen molar-refractivity contribution in [3.8, 4) is 0 Å². The van der Waals surface area contributed by atoms with Crippen LogP contribution in [0, 0.1) is 6.92 Å². The molecule has 0 saturated carbocycles. The second-order valence-electron chi connectivity index (χ2n) is 8.31. The lowest BCUT2D eigenvalue weighted by molar-refractivity contribution is 0.866. The zero-order valence-electron chi connectivity index (χ0n) is 17.4. The van der Waals surface area contributed by atoms with E-state index < -0.39 is 0 Å². The van der Waals surface area contributed by atoms with Crippen LogP contribution in [0.1, 0.15) is 18.3 Å². The van der Waals surface area contributed by atoms with E-state index in [0.29, 0.717) is 0 Å². The lowest BCUT2D eigenvalue weighted by Gasteiger charge is -2.10. The zero-order valence-corrected chi connectivity index (χ0v) is 17.4. The first kappa shape index (κ1) is 16.7. The summed E-state index contributed by atoms with van der Waals surface area (Å²) in [6, 6.07) is 23.1. The molecule has 2 heterocycles. The summed E-state index contributed by atoms with van der Waals surface area (Å²) in [5.41, 5.74) is 5.29. The summed E-state index contributed by atoms with van der Waals surface area (Å²) in [5.74, 6) is 0. The van der Waals surface area contributed by atoms with Crippen molar-refractivity contribution in [2.24, 2.45) is 14.1 Å². The highest BCUT2D eigenvalue weighted by atomic mass is 14.9. The molecule has 0 amide bonds. The maximum Gasteiger partial charge on any atom is 0.0486 e. The van der Waals surface area contributed by atoms with Crippen molar-refractivity contribution in [2.45, 2.75) is 20.3 Å². The van der Waals surface area contributed by atoms with Crippen LogP contribution in [-0.2, 0) is 20.5 Å². The fourth-order valence-electron chi connectivity index (χ4n) is 5.20. The lowest BCUT2D eigenvalue weighted by Crippen LogP contribution is -1.93. The Hall–Kier alpha value is -3.26. The minimum atomic E-state index is 1.05. The highest BCUT2D eigenvalue weighted by molar-refractivity contribution is 6.24. The third-order valence-electron chi connectivity index (χ3n) is 6.94. The molecule has 0 fully saturated rings. The molecule has 2 nitrogen and oxygen atoms in total. The van der Waals surface area contributed by atoms with Gasteiger partial charge in [0, 0.05) is 47.3 Å². The van der Waals surface area contributed by atoms with E-state index in [4.69, 9.17) is 0 Å². The van der Waals surface area contributed by atoms with Crippen LogP contribution >= 0.6 is 0 Å². The molecule has 0 radical (unpaired) electrons. The first-order valence-corrected chi connectivity index (χ1v) is 10.4. The summed E-state index contributed by atoms with van der Waals surface area (Å²) in [4.78, 5) is 0. The average molecular weight is 377 g/mol. The fourth-order valence-corrected chi connectivity index (χ4v) is 5.20. The van der Waals surface area contributed by atoms with E-state index in [1.807, 2.05) is 0 Å². The van der Waals surface area contributed by atoms with Gasteiger partial charge < -0.3 is 9.13 Å². The molecular weight excluding hydrogens is 352 g/mol. The van der Waals surface area contributed by atoms with E-state index in [0.717, 1.165) is 6.42 Å². The molecule has 0 aliphatic carbocycles. The van der Waals surface area contributed by atoms with Crippen LogP contribution in [0.2, 0.25) is 0 Å². The Balaban J connectivity index is 1.75. The third-order valence-corrected chi connectivity index (χ3v) is 6.94. The van der Waals surface area contributed by atoms with Gasteiger partial charge in [-0.2, -0.15) is 0 Å². The number of rotatable bonds is 1. The number of aromatic nitrogens is 2. The molecule has 29 heavy (non-hydrogen) atoms. The molecule has 0 unspecified atom stereocenters. The predicted molar refractivity (Wildman–Crippen MR) is 126 cm³/mol. The van der Waals surface area contributed by atoms with E-state index in [9.17, 15) is 0 Å². The van der Waals surface area contributed by atoms with Crippen molar-refractivity contribution in [3.63, 3.8) is 0 Å². The van der Waals surface area contributed by atoms with Crippen molar-refractivity contribution in [1.29, 1.82) is 0 Å². The van der Waals surface area contributed by atoms with Crippen LogP contribution in [0.25, 0.3) is 54.1 Å². The van der Waals surface area contributed by atoms with E-state index in [1.54, 1.807) is 0 Å². The molecule has 6 aromatic rings. The molecule has 2 heteroatoms. The first-order valence-electron chi connectivity index (χ1n) is 10.4. The molecule has 4 aromatic carbocycles. The Morgan fingerprint density at radius 2 is 0.966 bits per heavy atom. The molecular formula is C27H24N2. The van der Waals surface area contributed by atoms with Crippen LogP contribution in [-0.4, -0.2) is 9.13 Å². The summed E-state index contributed by atoms with van der Waals surface area (Å²) < 4.78 is 4.60. The number of hydrogen-bond donors (Lipinski definition) is 0. The maximum atomic E-state index is 2.36. The number of benzene rings is 4. The molecule has 0 atom stereocenters. The molecule has 0 aliphatic rings. The van der Waals surface area contributed by atoms with E-state index >= 15 is 0 Å². The van der Waals surface area contributed by atoms with Crippen molar-refractivity contribution >= 4 is 54.1 Å². The van der Waals surface area contributed by atoms with Gasteiger partial charge in [0.25, 0.3) is 0 Å². The highest BCUT2D eigenvalue weighted by Crippen LogP contribution is 2.37. The van der Waals surface area contributed by atoms with Gasteiger partial charge in [-0.25, -0.2) is 0 Å². The molecule has 0 spiro atoms. The van der Waals surface area contributed by atoms with Crippen LogP contribution in [0.4, 0.5) is 0 Å². The highest BCUT2D eigenvalue weighted by Gasteiger charge is 2.13. The molecule has 0 N–H and O–H groups in total. The summed E-state index contributed by atoms with van der Waals surface area (Å²) in [6.45, 7) is 4.40. The second-order valence-corrected chi connectivity index (χ2v) is 8.31. The van der Waals surface area contributed by atoms with Gasteiger partial charge in [0.2, 0.25) is 0 Å². The normalized spacial score (nSPS) is 12.3. The smallest absolute Gasteiger partial charge is 0.0486 e. The van der Waals surface area contributed by atoms with Gasteiger partial charge >= 0.3 is 0 Å². The van der Waals surface area contributed by atoms with E-state index in [-0.39, 0.29) is 0 Å². The Kier molecular flexibility index (Phi) is 3.24. The molecule has 0 saturated heterocycles. The van der Waals surface area contributed by atoms with Gasteiger partial charge in [-0.05, 0) is 69.9 Å². The quantitative estimate of drug-likeness (QED) is 0.273. The standard InChI is InChI=1S/C27H24N2/c1-5-17-15-25-23-9-7-18-19(21(23)11-13-27(25)29(17)4)6-8-22-20(18)10-12-26-24(22)14-16(2)28(26)3/h6-15H,5H2,1-4H3. The molecule has 142 valence electrons. The zero-order chi connectivity index (χ0) is 19.9. The maximum absolute atomic E-state index is 2.36. The first-order chi connectivity index (χ1) is 14.1. The lowest BCUT2D eigenvalue weighted by atomic mass is 9.94. The molecule has 2 aromatic heterocycles. The molecule has 0 bridgehead atoms. The summed E-state index contributed by atoms with van der Waals surface area (Å²) in [6.07, 6.45) is 1.05. The largest absolute Gasteiger partial charge is 0.348 e. The van der Waals surface area contributed by atoms with Crippen molar-refractivity contribution in [1.82, 2.24) is 9.13 Å². The summed E-state index contributed by atoms with van der Waals surface area (Å²) in [7, 11) is 4.32. The van der Waals surface area contributed by atoms with Crippen LogP contribution < -0.4 is 0 Å².